The summed E-state index contributed by atoms with van der Waals surface area (Å²) in [6.07, 6.45) is 0.405. The lowest BCUT2D eigenvalue weighted by Crippen LogP contribution is -2.16. The van der Waals surface area contributed by atoms with Crippen molar-refractivity contribution in [1.29, 1.82) is 0 Å². The van der Waals surface area contributed by atoms with E-state index in [-0.39, 0.29) is 17.9 Å². The van der Waals surface area contributed by atoms with Crippen LogP contribution in [-0.4, -0.2) is 32.4 Å². The van der Waals surface area contributed by atoms with Gasteiger partial charge >= 0.3 is 5.97 Å². The van der Waals surface area contributed by atoms with Crippen molar-refractivity contribution in [3.63, 3.8) is 0 Å². The number of hydrogen-bond acceptors (Lipinski definition) is 5. The maximum absolute atomic E-state index is 12.0. The van der Waals surface area contributed by atoms with E-state index in [0.29, 0.717) is 5.56 Å². The minimum Gasteiger partial charge on any atom is -0.455 e. The third-order valence-electron chi connectivity index (χ3n) is 3.59. The van der Waals surface area contributed by atoms with Gasteiger partial charge in [0.05, 0.1) is 17.9 Å². The quantitative estimate of drug-likeness (QED) is 0.810. The van der Waals surface area contributed by atoms with Gasteiger partial charge in [0.15, 0.2) is 9.84 Å². The highest BCUT2D eigenvalue weighted by Gasteiger charge is 2.17. The van der Waals surface area contributed by atoms with E-state index in [2.05, 4.69) is 0 Å². The van der Waals surface area contributed by atoms with Gasteiger partial charge in [-0.3, -0.25) is 4.79 Å². The second-order valence-corrected chi connectivity index (χ2v) is 7.68. The zero-order chi connectivity index (χ0) is 17.7. The van der Waals surface area contributed by atoms with E-state index in [0.717, 1.165) is 17.4 Å². The lowest BCUT2D eigenvalue weighted by atomic mass is 10.1. The summed E-state index contributed by atoms with van der Waals surface area (Å²) in [6, 6.07) is 13.5. The zero-order valence-electron chi connectivity index (χ0n) is 13.6. The fraction of sp³-hybridized carbons (Fsp3) is 0.278. The molecule has 0 fully saturated rings. The number of aliphatic hydroxyl groups excluding tert-OH is 1. The van der Waals surface area contributed by atoms with E-state index < -0.39 is 21.9 Å². The Balaban J connectivity index is 2.05. The van der Waals surface area contributed by atoms with E-state index >= 15 is 0 Å². The molecule has 0 spiro atoms. The molecular weight excluding hydrogens is 328 g/mol. The van der Waals surface area contributed by atoms with E-state index in [1.54, 1.807) is 0 Å². The van der Waals surface area contributed by atoms with Crippen LogP contribution in [0, 0.1) is 6.92 Å². The Bertz CT molecular complexity index is 792. The van der Waals surface area contributed by atoms with Gasteiger partial charge in [0, 0.05) is 6.26 Å². The van der Waals surface area contributed by atoms with E-state index in [1.165, 1.54) is 24.3 Å². The lowest BCUT2D eigenvalue weighted by Gasteiger charge is -2.16. The smallest absolute Gasteiger partial charge is 0.310 e. The fourth-order valence-corrected chi connectivity index (χ4v) is 2.84. The molecule has 0 aromatic heterocycles. The van der Waals surface area contributed by atoms with Gasteiger partial charge in [0.2, 0.25) is 0 Å². The summed E-state index contributed by atoms with van der Waals surface area (Å²) in [6.45, 7) is 1.59. The summed E-state index contributed by atoms with van der Waals surface area (Å²) >= 11 is 0. The number of ether oxygens (including phenoxy) is 1. The van der Waals surface area contributed by atoms with Crippen LogP contribution in [-0.2, 0) is 25.8 Å². The second-order valence-electron chi connectivity index (χ2n) is 5.66. The van der Waals surface area contributed by atoms with Crippen LogP contribution in [0.15, 0.2) is 53.4 Å². The van der Waals surface area contributed by atoms with Gasteiger partial charge in [-0.2, -0.15) is 0 Å². The largest absolute Gasteiger partial charge is 0.455 e. The van der Waals surface area contributed by atoms with Crippen LogP contribution in [0.4, 0.5) is 0 Å². The maximum atomic E-state index is 12.0. The number of carbonyl (C=O) groups is 1. The Morgan fingerprint density at radius 3 is 2.17 bits per heavy atom. The SMILES string of the molecule is Cc1ccc(CC(=O)OC(CO)c2ccc(S(C)(=O)=O)cc2)cc1. The summed E-state index contributed by atoms with van der Waals surface area (Å²) in [5.74, 6) is -0.454. The van der Waals surface area contributed by atoms with Crippen LogP contribution in [0.2, 0.25) is 0 Å². The van der Waals surface area contributed by atoms with Gasteiger partial charge in [-0.15, -0.1) is 0 Å². The first-order chi connectivity index (χ1) is 11.3. The molecule has 0 aliphatic rings. The summed E-state index contributed by atoms with van der Waals surface area (Å²) < 4.78 is 28.2. The number of esters is 1. The van der Waals surface area contributed by atoms with Crippen molar-refractivity contribution in [2.24, 2.45) is 0 Å². The van der Waals surface area contributed by atoms with Crippen molar-refractivity contribution in [3.8, 4) is 0 Å². The summed E-state index contributed by atoms with van der Waals surface area (Å²) in [5, 5.41) is 9.46. The average Bonchev–Trinajstić information content (AvgIpc) is 2.54. The van der Waals surface area contributed by atoms with Crippen LogP contribution in [0.5, 0.6) is 0 Å². The average molecular weight is 348 g/mol. The van der Waals surface area contributed by atoms with E-state index in [9.17, 15) is 18.3 Å². The Kier molecular flexibility index (Phi) is 5.75. The first-order valence-corrected chi connectivity index (χ1v) is 9.34. The summed E-state index contributed by atoms with van der Waals surface area (Å²) in [5.41, 5.74) is 2.48. The van der Waals surface area contributed by atoms with Crippen LogP contribution in [0.25, 0.3) is 0 Å². The molecule has 1 N–H and O–H groups in total. The highest BCUT2D eigenvalue weighted by molar-refractivity contribution is 7.90. The number of carbonyl (C=O) groups excluding carboxylic acids is 1. The third-order valence-corrected chi connectivity index (χ3v) is 4.72. The number of hydrogen-bond donors (Lipinski definition) is 1. The van der Waals surface area contributed by atoms with Crippen molar-refractivity contribution in [2.75, 3.05) is 12.9 Å². The molecule has 0 amide bonds. The molecule has 24 heavy (non-hydrogen) atoms. The number of aliphatic hydroxyl groups is 1. The molecule has 0 radical (unpaired) electrons. The molecule has 0 aliphatic carbocycles. The highest BCUT2D eigenvalue weighted by atomic mass is 32.2. The number of benzene rings is 2. The Hall–Kier alpha value is -2.18. The first-order valence-electron chi connectivity index (χ1n) is 7.45. The molecule has 1 atom stereocenters. The van der Waals surface area contributed by atoms with Crippen LogP contribution in [0.3, 0.4) is 0 Å². The Labute approximate surface area is 141 Å². The molecule has 0 heterocycles. The molecule has 2 rings (SSSR count). The van der Waals surface area contributed by atoms with Gasteiger partial charge in [0.1, 0.15) is 6.10 Å². The molecule has 0 bridgehead atoms. The van der Waals surface area contributed by atoms with Gasteiger partial charge in [-0.05, 0) is 30.2 Å². The van der Waals surface area contributed by atoms with Gasteiger partial charge in [-0.25, -0.2) is 8.42 Å². The third kappa shape index (κ3) is 4.91. The molecule has 0 aliphatic heterocycles. The molecule has 2 aromatic rings. The molecule has 5 nitrogen and oxygen atoms in total. The summed E-state index contributed by atoms with van der Waals surface area (Å²) in [4.78, 5) is 12.2. The number of sulfone groups is 1. The molecule has 0 saturated carbocycles. The standard InChI is InChI=1S/C18H20O5S/c1-13-3-5-14(6-4-13)11-18(20)23-17(12-19)15-7-9-16(10-8-15)24(2,21)22/h3-10,17,19H,11-12H2,1-2H3. The molecule has 6 heteroatoms. The zero-order valence-corrected chi connectivity index (χ0v) is 14.4. The monoisotopic (exact) mass is 348 g/mol. The van der Waals surface area contributed by atoms with Gasteiger partial charge in [0.25, 0.3) is 0 Å². The van der Waals surface area contributed by atoms with Crippen molar-refractivity contribution in [3.05, 3.63) is 65.2 Å². The van der Waals surface area contributed by atoms with Crippen LogP contribution >= 0.6 is 0 Å². The molecule has 0 saturated heterocycles. The maximum Gasteiger partial charge on any atom is 0.310 e. The number of rotatable bonds is 6. The van der Waals surface area contributed by atoms with Gasteiger partial charge < -0.3 is 9.84 Å². The van der Waals surface area contributed by atoms with Crippen LogP contribution < -0.4 is 0 Å². The number of aryl methyl sites for hydroxylation is 1. The lowest BCUT2D eigenvalue weighted by molar-refractivity contribution is -0.150. The fourth-order valence-electron chi connectivity index (χ4n) is 2.21. The highest BCUT2D eigenvalue weighted by Crippen LogP contribution is 2.20. The van der Waals surface area contributed by atoms with Crippen molar-refractivity contribution >= 4 is 15.8 Å². The minimum atomic E-state index is -3.29. The van der Waals surface area contributed by atoms with Crippen LogP contribution in [0.1, 0.15) is 22.8 Å². The van der Waals surface area contributed by atoms with Crippen molar-refractivity contribution < 1.29 is 23.1 Å². The van der Waals surface area contributed by atoms with E-state index in [1.807, 2.05) is 31.2 Å². The van der Waals surface area contributed by atoms with E-state index in [4.69, 9.17) is 4.74 Å². The van der Waals surface area contributed by atoms with Crippen molar-refractivity contribution in [2.45, 2.75) is 24.3 Å². The second kappa shape index (κ2) is 7.59. The molecule has 1 unspecified atom stereocenters. The molecule has 128 valence electrons. The topological polar surface area (TPSA) is 80.7 Å². The Morgan fingerprint density at radius 2 is 1.67 bits per heavy atom. The minimum absolute atomic E-state index is 0.109. The van der Waals surface area contributed by atoms with Crippen molar-refractivity contribution in [1.82, 2.24) is 0 Å². The Morgan fingerprint density at radius 1 is 1.08 bits per heavy atom. The normalized spacial score (nSPS) is 12.6. The summed E-state index contributed by atoms with van der Waals surface area (Å²) in [7, 11) is -3.29. The molecule has 2 aromatic carbocycles. The first kappa shape index (κ1) is 18.2. The predicted octanol–water partition coefficient (Wildman–Crippen LogP) is 2.22. The van der Waals surface area contributed by atoms with Gasteiger partial charge in [-0.1, -0.05) is 42.0 Å². The molecular formula is C18H20O5S. The predicted molar refractivity (Wildman–Crippen MR) is 90.4 cm³/mol.